The largest absolute Gasteiger partial charge is 0.354 e. The van der Waals surface area contributed by atoms with Crippen molar-refractivity contribution in [2.24, 2.45) is 0 Å². The second kappa shape index (κ2) is 12.7. The maximum atomic E-state index is 12.0. The number of hydrogen-bond donors (Lipinski definition) is 2. The average Bonchev–Trinajstić information content (AvgIpc) is 3.73. The van der Waals surface area contributed by atoms with Crippen LogP contribution in [0.2, 0.25) is 0 Å². The summed E-state index contributed by atoms with van der Waals surface area (Å²) in [5.74, 6) is 0.214. The zero-order chi connectivity index (χ0) is 32.4. The molecule has 0 saturated carbocycles. The van der Waals surface area contributed by atoms with E-state index in [2.05, 4.69) is 120 Å². The lowest BCUT2D eigenvalue weighted by Crippen LogP contribution is -2.38. The maximum Gasteiger partial charge on any atom is 0.214 e. The number of hydrogen-bond acceptors (Lipinski definition) is 4. The fourth-order valence-electron chi connectivity index (χ4n) is 6.96. The first kappa shape index (κ1) is 30.1. The summed E-state index contributed by atoms with van der Waals surface area (Å²) in [6, 6.07) is 39.9. The Hall–Kier alpha value is -5.53. The molecule has 0 atom stereocenters. The van der Waals surface area contributed by atoms with Gasteiger partial charge in [-0.15, -0.1) is 0 Å². The highest BCUT2D eigenvalue weighted by molar-refractivity contribution is 6.00. The van der Waals surface area contributed by atoms with Crippen LogP contribution in [-0.4, -0.2) is 46.3 Å². The standard InChI is InChI=1S/C40H38N6O/c1-28(2)37-34-25-32(45(27-47)24-23-41-3)19-20-36(34)44-38(37)33-21-22-42-39-35(33)26-43-46(39)40(29-13-7-4-8-14-29,30-15-9-5-10-16-30)31-17-11-6-12-18-31/h4-22,25-28,41,44H,23-24H2,1-3H3. The summed E-state index contributed by atoms with van der Waals surface area (Å²) < 4.78 is 2.09. The van der Waals surface area contributed by atoms with E-state index in [-0.39, 0.29) is 5.92 Å². The third-order valence-corrected chi connectivity index (χ3v) is 9.10. The molecule has 0 saturated heterocycles. The zero-order valence-corrected chi connectivity index (χ0v) is 26.9. The highest BCUT2D eigenvalue weighted by atomic mass is 16.1. The predicted octanol–water partition coefficient (Wildman–Crippen LogP) is 7.73. The summed E-state index contributed by atoms with van der Waals surface area (Å²) >= 11 is 0. The van der Waals surface area contributed by atoms with Gasteiger partial charge in [0.2, 0.25) is 6.41 Å². The van der Waals surface area contributed by atoms with Crippen molar-refractivity contribution in [1.82, 2.24) is 25.1 Å². The number of amides is 1. The van der Waals surface area contributed by atoms with Crippen molar-refractivity contribution >= 4 is 34.0 Å². The van der Waals surface area contributed by atoms with Gasteiger partial charge in [0.1, 0.15) is 5.54 Å². The molecule has 2 N–H and O–H groups in total. The number of aromatic nitrogens is 4. The van der Waals surface area contributed by atoms with E-state index in [0.717, 1.165) is 62.0 Å². The minimum atomic E-state index is -0.779. The van der Waals surface area contributed by atoms with E-state index in [4.69, 9.17) is 10.1 Å². The zero-order valence-electron chi connectivity index (χ0n) is 26.9. The molecule has 47 heavy (non-hydrogen) atoms. The molecule has 0 aliphatic rings. The number of benzene rings is 4. The third-order valence-electron chi connectivity index (χ3n) is 9.10. The number of fused-ring (bicyclic) bond motifs is 2. The van der Waals surface area contributed by atoms with Gasteiger partial charge < -0.3 is 15.2 Å². The van der Waals surface area contributed by atoms with Crippen molar-refractivity contribution < 1.29 is 4.79 Å². The van der Waals surface area contributed by atoms with Crippen molar-refractivity contribution in [3.8, 4) is 11.3 Å². The first-order valence-corrected chi connectivity index (χ1v) is 16.1. The molecular formula is C40H38N6O. The van der Waals surface area contributed by atoms with Crippen LogP contribution in [0.1, 0.15) is 42.0 Å². The van der Waals surface area contributed by atoms with E-state index in [1.54, 1.807) is 4.90 Å². The summed E-state index contributed by atoms with van der Waals surface area (Å²) in [4.78, 5) is 22.5. The number of likely N-dealkylation sites (N-methyl/N-ethyl adjacent to an activating group) is 1. The molecule has 7 nitrogen and oxygen atoms in total. The Bertz CT molecular complexity index is 2040. The molecule has 7 aromatic rings. The summed E-state index contributed by atoms with van der Waals surface area (Å²) in [6.45, 7) is 5.73. The van der Waals surface area contributed by atoms with Gasteiger partial charge in [-0.2, -0.15) is 5.10 Å². The first-order valence-electron chi connectivity index (χ1n) is 16.1. The Labute approximate surface area is 274 Å². The number of nitrogens with zero attached hydrogens (tertiary/aromatic N) is 4. The van der Waals surface area contributed by atoms with E-state index in [1.165, 1.54) is 5.56 Å². The Morgan fingerprint density at radius 1 is 0.851 bits per heavy atom. The SMILES string of the molecule is CNCCN(C=O)c1ccc2[nH]c(-c3ccnc4c3cnn4C(c3ccccc3)(c3ccccc3)c3ccccc3)c(C(C)C)c2c1. The molecule has 0 spiro atoms. The van der Waals surface area contributed by atoms with Crippen LogP contribution in [0.5, 0.6) is 0 Å². The van der Waals surface area contributed by atoms with Crippen LogP contribution in [0.4, 0.5) is 5.69 Å². The van der Waals surface area contributed by atoms with E-state index in [9.17, 15) is 4.79 Å². The maximum absolute atomic E-state index is 12.0. The summed E-state index contributed by atoms with van der Waals surface area (Å²) in [5.41, 5.74) is 8.45. The van der Waals surface area contributed by atoms with Crippen LogP contribution in [0.3, 0.4) is 0 Å². The quantitative estimate of drug-likeness (QED) is 0.115. The van der Waals surface area contributed by atoms with Crippen molar-refractivity contribution in [1.29, 1.82) is 0 Å². The molecule has 0 fully saturated rings. The topological polar surface area (TPSA) is 78.8 Å². The molecule has 1 amide bonds. The molecule has 0 unspecified atom stereocenters. The summed E-state index contributed by atoms with van der Waals surface area (Å²) in [7, 11) is 1.89. The third kappa shape index (κ3) is 5.09. The Balaban J connectivity index is 1.48. The van der Waals surface area contributed by atoms with Gasteiger partial charge in [0.15, 0.2) is 5.65 Å². The minimum absolute atomic E-state index is 0.214. The molecular weight excluding hydrogens is 580 g/mol. The number of carbonyl (C=O) groups excluding carboxylic acids is 1. The average molecular weight is 619 g/mol. The van der Waals surface area contributed by atoms with Crippen LogP contribution < -0.4 is 10.2 Å². The van der Waals surface area contributed by atoms with Gasteiger partial charge in [-0.3, -0.25) is 4.79 Å². The van der Waals surface area contributed by atoms with Crippen molar-refractivity contribution in [3.05, 3.63) is 150 Å². The number of rotatable bonds is 11. The van der Waals surface area contributed by atoms with E-state index in [0.29, 0.717) is 13.1 Å². The van der Waals surface area contributed by atoms with E-state index >= 15 is 0 Å². The van der Waals surface area contributed by atoms with Gasteiger partial charge in [0.25, 0.3) is 0 Å². The van der Waals surface area contributed by atoms with Gasteiger partial charge in [-0.25, -0.2) is 9.67 Å². The number of anilines is 1. The molecule has 0 bridgehead atoms. The highest BCUT2D eigenvalue weighted by Crippen LogP contribution is 2.44. The number of pyridine rings is 1. The van der Waals surface area contributed by atoms with Gasteiger partial charge in [0, 0.05) is 46.8 Å². The first-order chi connectivity index (χ1) is 23.1. The second-order valence-electron chi connectivity index (χ2n) is 12.2. The van der Waals surface area contributed by atoms with Gasteiger partial charge >= 0.3 is 0 Å². The molecule has 7 rings (SSSR count). The van der Waals surface area contributed by atoms with Gasteiger partial charge in [0.05, 0.1) is 11.9 Å². The van der Waals surface area contributed by atoms with Crippen molar-refractivity contribution in [2.75, 3.05) is 25.0 Å². The number of aromatic amines is 1. The molecule has 3 heterocycles. The fraction of sp³-hybridized carbons (Fsp3) is 0.175. The smallest absolute Gasteiger partial charge is 0.214 e. The molecule has 234 valence electrons. The lowest BCUT2D eigenvalue weighted by atomic mass is 9.77. The Morgan fingerprint density at radius 3 is 2.02 bits per heavy atom. The molecule has 7 heteroatoms. The predicted molar refractivity (Wildman–Crippen MR) is 191 cm³/mol. The van der Waals surface area contributed by atoms with Crippen LogP contribution in [-0.2, 0) is 10.3 Å². The lowest BCUT2D eigenvalue weighted by molar-refractivity contribution is -0.107. The van der Waals surface area contributed by atoms with Gasteiger partial charge in [-0.05, 0) is 59.5 Å². The Morgan fingerprint density at radius 2 is 1.47 bits per heavy atom. The van der Waals surface area contributed by atoms with Crippen molar-refractivity contribution in [3.63, 3.8) is 0 Å². The van der Waals surface area contributed by atoms with Crippen LogP contribution in [0.15, 0.2) is 128 Å². The summed E-state index contributed by atoms with van der Waals surface area (Å²) in [6.07, 6.45) is 4.74. The molecule has 0 radical (unpaired) electrons. The van der Waals surface area contributed by atoms with Crippen molar-refractivity contribution in [2.45, 2.75) is 25.3 Å². The number of H-pyrrole nitrogens is 1. The van der Waals surface area contributed by atoms with E-state index in [1.807, 2.05) is 43.7 Å². The molecule has 3 aromatic heterocycles. The number of carbonyl (C=O) groups is 1. The van der Waals surface area contributed by atoms with E-state index < -0.39 is 5.54 Å². The van der Waals surface area contributed by atoms with Crippen LogP contribution in [0, 0.1) is 0 Å². The second-order valence-corrected chi connectivity index (χ2v) is 12.2. The molecule has 0 aliphatic heterocycles. The van der Waals surface area contributed by atoms with Gasteiger partial charge in [-0.1, -0.05) is 105 Å². The Kier molecular flexibility index (Phi) is 8.14. The van der Waals surface area contributed by atoms with Crippen LogP contribution >= 0.6 is 0 Å². The lowest BCUT2D eigenvalue weighted by Gasteiger charge is -2.36. The summed E-state index contributed by atoms with van der Waals surface area (Å²) in [5, 5.41) is 10.4. The normalized spacial score (nSPS) is 11.8. The minimum Gasteiger partial charge on any atom is -0.354 e. The monoisotopic (exact) mass is 618 g/mol. The molecule has 4 aromatic carbocycles. The fourth-order valence-corrected chi connectivity index (χ4v) is 6.96. The highest BCUT2D eigenvalue weighted by Gasteiger charge is 2.41. The number of nitrogens with one attached hydrogen (secondary N) is 2. The van der Waals surface area contributed by atoms with Crippen LogP contribution in [0.25, 0.3) is 33.2 Å². The molecule has 0 aliphatic carbocycles.